The molecule has 0 radical (unpaired) electrons. The van der Waals surface area contributed by atoms with Crippen molar-refractivity contribution in [3.05, 3.63) is 23.9 Å². The van der Waals surface area contributed by atoms with Crippen LogP contribution in [-0.2, 0) is 11.2 Å². The molecular weight excluding hydrogens is 268 g/mol. The fraction of sp³-hybridized carbons (Fsp3) is 0.625. The van der Waals surface area contributed by atoms with Gasteiger partial charge in [-0.2, -0.15) is 0 Å². The van der Waals surface area contributed by atoms with Crippen molar-refractivity contribution in [1.82, 2.24) is 4.98 Å². The molecule has 0 spiro atoms. The zero-order valence-corrected chi connectivity index (χ0v) is 13.6. The maximum absolute atomic E-state index is 11.7. The maximum Gasteiger partial charge on any atom is 0.413 e. The van der Waals surface area contributed by atoms with Crippen molar-refractivity contribution in [3.63, 3.8) is 0 Å². The molecule has 21 heavy (non-hydrogen) atoms. The van der Waals surface area contributed by atoms with Crippen LogP contribution in [0.5, 0.6) is 0 Å². The number of hydrogen-bond donors (Lipinski definition) is 2. The highest BCUT2D eigenvalue weighted by molar-refractivity contribution is 5.83. The zero-order chi connectivity index (χ0) is 16.1. The summed E-state index contributed by atoms with van der Waals surface area (Å²) in [5.41, 5.74) is -0.112. The van der Waals surface area contributed by atoms with Gasteiger partial charge in [-0.05, 0) is 71.6 Å². The highest BCUT2D eigenvalue weighted by atomic mass is 16.6. The number of aromatic nitrogens is 1. The van der Waals surface area contributed by atoms with Gasteiger partial charge in [-0.15, -0.1) is 0 Å². The monoisotopic (exact) mass is 294 g/mol. The van der Waals surface area contributed by atoms with Gasteiger partial charge in [-0.25, -0.2) is 9.78 Å². The number of anilines is 1. The molecule has 1 rings (SSSR count). The van der Waals surface area contributed by atoms with Gasteiger partial charge in [0, 0.05) is 6.20 Å². The van der Waals surface area contributed by atoms with Gasteiger partial charge in [0.1, 0.15) is 11.4 Å². The van der Waals surface area contributed by atoms with Gasteiger partial charge in [-0.1, -0.05) is 0 Å². The summed E-state index contributed by atoms with van der Waals surface area (Å²) in [6, 6.07) is 3.74. The summed E-state index contributed by atoms with van der Waals surface area (Å²) in [7, 11) is 0. The standard InChI is InChI=1S/C16H26N2O3/c1-15(2,3)21-14(19)18-13-11-12(8-10-17-13)7-6-9-16(4,5)20/h8,10-11,20H,6-7,9H2,1-5H3,(H,17,18,19). The number of pyridine rings is 1. The van der Waals surface area contributed by atoms with Crippen molar-refractivity contribution in [1.29, 1.82) is 0 Å². The van der Waals surface area contributed by atoms with Gasteiger partial charge in [-0.3, -0.25) is 5.32 Å². The van der Waals surface area contributed by atoms with E-state index in [1.165, 1.54) is 0 Å². The summed E-state index contributed by atoms with van der Waals surface area (Å²) in [6.07, 6.45) is 3.58. The Morgan fingerprint density at radius 2 is 2.00 bits per heavy atom. The second kappa shape index (κ2) is 6.89. The molecule has 0 saturated heterocycles. The third kappa shape index (κ3) is 8.30. The zero-order valence-electron chi connectivity index (χ0n) is 13.6. The second-order valence-corrected chi connectivity index (χ2v) is 6.84. The van der Waals surface area contributed by atoms with E-state index in [0.717, 1.165) is 24.8 Å². The summed E-state index contributed by atoms with van der Waals surface area (Å²) in [5, 5.41) is 12.3. The van der Waals surface area contributed by atoms with E-state index in [0.29, 0.717) is 5.82 Å². The Balaban J connectivity index is 2.54. The molecule has 1 aromatic rings. The van der Waals surface area contributed by atoms with Crippen LogP contribution in [0.1, 0.15) is 53.0 Å². The van der Waals surface area contributed by atoms with Gasteiger partial charge in [0.05, 0.1) is 5.60 Å². The number of amides is 1. The van der Waals surface area contributed by atoms with Crippen LogP contribution in [0, 0.1) is 0 Å². The SMILES string of the molecule is CC(C)(O)CCCc1ccnc(NC(=O)OC(C)(C)C)c1. The summed E-state index contributed by atoms with van der Waals surface area (Å²) >= 11 is 0. The Labute approximate surface area is 126 Å². The molecule has 5 heteroatoms. The third-order valence-corrected chi connectivity index (χ3v) is 2.71. The number of nitrogens with zero attached hydrogens (tertiary/aromatic N) is 1. The molecule has 0 aliphatic rings. The fourth-order valence-electron chi connectivity index (χ4n) is 1.83. The average molecular weight is 294 g/mol. The second-order valence-electron chi connectivity index (χ2n) is 6.84. The first-order valence-electron chi connectivity index (χ1n) is 7.22. The minimum absolute atomic E-state index is 0.477. The van der Waals surface area contributed by atoms with Gasteiger partial charge in [0.25, 0.3) is 0 Å². The van der Waals surface area contributed by atoms with Crippen LogP contribution in [0.4, 0.5) is 10.6 Å². The predicted octanol–water partition coefficient (Wildman–Crippen LogP) is 3.52. The van der Waals surface area contributed by atoms with Crippen molar-refractivity contribution in [3.8, 4) is 0 Å². The normalized spacial score (nSPS) is 12.1. The number of aliphatic hydroxyl groups is 1. The van der Waals surface area contributed by atoms with Crippen LogP contribution in [0.2, 0.25) is 0 Å². The molecule has 1 aromatic heterocycles. The van der Waals surface area contributed by atoms with Crippen LogP contribution >= 0.6 is 0 Å². The van der Waals surface area contributed by atoms with Crippen LogP contribution in [0.3, 0.4) is 0 Å². The highest BCUT2D eigenvalue weighted by Gasteiger charge is 2.16. The van der Waals surface area contributed by atoms with Gasteiger partial charge in [0.2, 0.25) is 0 Å². The number of carbonyl (C=O) groups is 1. The molecule has 0 unspecified atom stereocenters. The molecule has 0 bridgehead atoms. The first kappa shape index (κ1) is 17.4. The minimum atomic E-state index is -0.648. The minimum Gasteiger partial charge on any atom is -0.444 e. The molecule has 2 N–H and O–H groups in total. The maximum atomic E-state index is 11.7. The van der Waals surface area contributed by atoms with Crippen LogP contribution in [0.25, 0.3) is 0 Å². The van der Waals surface area contributed by atoms with Crippen molar-refractivity contribution in [2.45, 2.75) is 65.1 Å². The van der Waals surface area contributed by atoms with Gasteiger partial charge < -0.3 is 9.84 Å². The lowest BCUT2D eigenvalue weighted by Gasteiger charge is -2.19. The van der Waals surface area contributed by atoms with Crippen molar-refractivity contribution < 1.29 is 14.6 Å². The summed E-state index contributed by atoms with van der Waals surface area (Å²) in [6.45, 7) is 9.04. The Bertz CT molecular complexity index is 473. The van der Waals surface area contributed by atoms with Crippen LogP contribution in [0.15, 0.2) is 18.3 Å². The molecule has 0 fully saturated rings. The lowest BCUT2D eigenvalue weighted by Crippen LogP contribution is -2.27. The molecule has 118 valence electrons. The van der Waals surface area contributed by atoms with Gasteiger partial charge >= 0.3 is 6.09 Å². The number of hydrogen-bond acceptors (Lipinski definition) is 4. The van der Waals surface area contributed by atoms with Crippen LogP contribution < -0.4 is 5.32 Å². The van der Waals surface area contributed by atoms with Crippen LogP contribution in [-0.4, -0.2) is 27.4 Å². The lowest BCUT2D eigenvalue weighted by atomic mass is 9.99. The number of nitrogens with one attached hydrogen (secondary N) is 1. The van der Waals surface area contributed by atoms with Crippen molar-refractivity contribution in [2.75, 3.05) is 5.32 Å². The van der Waals surface area contributed by atoms with Crippen molar-refractivity contribution in [2.24, 2.45) is 0 Å². The number of rotatable bonds is 5. The number of carbonyl (C=O) groups excluding carboxylic acids is 1. The smallest absolute Gasteiger partial charge is 0.413 e. The van der Waals surface area contributed by atoms with Crippen molar-refractivity contribution >= 4 is 11.9 Å². The summed E-state index contributed by atoms with van der Waals surface area (Å²) in [5.74, 6) is 0.477. The van der Waals surface area contributed by atoms with E-state index in [-0.39, 0.29) is 0 Å². The average Bonchev–Trinajstić information content (AvgIpc) is 2.24. The first-order valence-corrected chi connectivity index (χ1v) is 7.22. The van der Waals surface area contributed by atoms with E-state index >= 15 is 0 Å². The molecule has 0 atom stereocenters. The topological polar surface area (TPSA) is 71.5 Å². The number of ether oxygens (including phenoxy) is 1. The quantitative estimate of drug-likeness (QED) is 0.871. The molecule has 5 nitrogen and oxygen atoms in total. The van der Waals surface area contributed by atoms with E-state index in [2.05, 4.69) is 10.3 Å². The van der Waals surface area contributed by atoms with Gasteiger partial charge in [0.15, 0.2) is 0 Å². The Morgan fingerprint density at radius 1 is 1.33 bits per heavy atom. The molecule has 0 aromatic carbocycles. The van der Waals surface area contributed by atoms with E-state index in [4.69, 9.17) is 4.74 Å². The van der Waals surface area contributed by atoms with E-state index in [1.54, 1.807) is 20.0 Å². The van der Waals surface area contributed by atoms with E-state index in [1.807, 2.05) is 32.9 Å². The van der Waals surface area contributed by atoms with E-state index in [9.17, 15) is 9.90 Å². The fourth-order valence-corrected chi connectivity index (χ4v) is 1.83. The Hall–Kier alpha value is -1.62. The van der Waals surface area contributed by atoms with E-state index < -0.39 is 17.3 Å². The Morgan fingerprint density at radius 3 is 2.57 bits per heavy atom. The Kier molecular flexibility index (Phi) is 5.72. The lowest BCUT2D eigenvalue weighted by molar-refractivity contribution is 0.0634. The third-order valence-electron chi connectivity index (χ3n) is 2.71. The first-order chi connectivity index (χ1) is 9.55. The predicted molar refractivity (Wildman–Crippen MR) is 83.3 cm³/mol. The highest BCUT2D eigenvalue weighted by Crippen LogP contribution is 2.16. The molecule has 0 aliphatic carbocycles. The summed E-state index contributed by atoms with van der Waals surface area (Å²) in [4.78, 5) is 15.8. The molecule has 1 amide bonds. The number of aryl methyl sites for hydroxylation is 1. The molecule has 0 aliphatic heterocycles. The molecular formula is C16H26N2O3. The largest absolute Gasteiger partial charge is 0.444 e. The molecule has 1 heterocycles. The summed E-state index contributed by atoms with van der Waals surface area (Å²) < 4.78 is 5.18. The molecule has 0 saturated carbocycles.